The molecule has 238 valence electrons. The van der Waals surface area contributed by atoms with Gasteiger partial charge in [0.1, 0.15) is 17.6 Å². The molecule has 3 aromatic heterocycles. The van der Waals surface area contributed by atoms with Crippen molar-refractivity contribution in [2.24, 2.45) is 17.8 Å². The molecule has 2 amide bonds. The summed E-state index contributed by atoms with van der Waals surface area (Å²) in [5, 5.41) is 17.3. The number of carbonyl (C=O) groups excluding carboxylic acids is 2. The minimum atomic E-state index is -1.04. The average molecular weight is 626 g/mol. The van der Waals surface area contributed by atoms with Gasteiger partial charge in [0, 0.05) is 45.8 Å². The van der Waals surface area contributed by atoms with Crippen LogP contribution < -0.4 is 10.6 Å². The van der Waals surface area contributed by atoms with Gasteiger partial charge >= 0.3 is 0 Å². The van der Waals surface area contributed by atoms with Crippen molar-refractivity contribution in [1.82, 2.24) is 30.3 Å². The molecule has 0 saturated heterocycles. The predicted octanol–water partition coefficient (Wildman–Crippen LogP) is 5.32. The number of aromatic nitrogens is 5. The number of H-pyrrole nitrogens is 1. The van der Waals surface area contributed by atoms with Crippen LogP contribution in [0, 0.1) is 37.5 Å². The van der Waals surface area contributed by atoms with E-state index < -0.39 is 34.6 Å². The molecule has 0 spiro atoms. The molecule has 12 heteroatoms. The number of nitrogens with one attached hydrogen (secondary N) is 3. The van der Waals surface area contributed by atoms with Crippen molar-refractivity contribution in [3.05, 3.63) is 47.4 Å². The van der Waals surface area contributed by atoms with Crippen LogP contribution in [0.4, 0.5) is 10.2 Å². The lowest BCUT2D eigenvalue weighted by Gasteiger charge is -2.41. The van der Waals surface area contributed by atoms with Crippen LogP contribution in [0.15, 0.2) is 24.4 Å². The minimum absolute atomic E-state index is 0.0561. The van der Waals surface area contributed by atoms with Gasteiger partial charge in [-0.2, -0.15) is 14.6 Å². The summed E-state index contributed by atoms with van der Waals surface area (Å²) in [6, 6.07) is 3.98. The molecular weight excluding hydrogens is 581 g/mol. The van der Waals surface area contributed by atoms with Crippen molar-refractivity contribution in [2.45, 2.75) is 90.6 Å². The van der Waals surface area contributed by atoms with E-state index in [1.54, 1.807) is 37.6 Å². The second-order valence-corrected chi connectivity index (χ2v) is 13.9. The molecular formula is C32H44FN7O3S. The lowest BCUT2D eigenvalue weighted by molar-refractivity contribution is -0.121. The molecule has 10 nitrogen and oxygen atoms in total. The zero-order chi connectivity index (χ0) is 31.2. The predicted molar refractivity (Wildman–Crippen MR) is 169 cm³/mol. The Morgan fingerprint density at radius 2 is 1.70 bits per heavy atom. The third-order valence-corrected chi connectivity index (χ3v) is 10.1. The van der Waals surface area contributed by atoms with Crippen LogP contribution in [0.2, 0.25) is 0 Å². The van der Waals surface area contributed by atoms with Crippen LogP contribution in [-0.2, 0) is 22.1 Å². The maximum Gasteiger partial charge on any atom is 0.270 e. The van der Waals surface area contributed by atoms with Gasteiger partial charge in [-0.15, -0.1) is 0 Å². The highest BCUT2D eigenvalue weighted by Crippen LogP contribution is 2.42. The molecule has 2 atom stereocenters. The zero-order valence-corrected chi connectivity index (χ0v) is 26.7. The maximum absolute atomic E-state index is 15.3. The number of rotatable bonds is 11. The van der Waals surface area contributed by atoms with Crippen molar-refractivity contribution in [2.75, 3.05) is 17.3 Å². The summed E-state index contributed by atoms with van der Waals surface area (Å²) in [4.78, 5) is 32.1. The highest BCUT2D eigenvalue weighted by Gasteiger charge is 2.41. The first-order chi connectivity index (χ1) is 21.2. The number of pyridine rings is 1. The van der Waals surface area contributed by atoms with Crippen LogP contribution in [-0.4, -0.2) is 59.0 Å². The number of hydrogen-bond acceptors (Lipinski definition) is 6. The normalized spacial score (nSPS) is 17.8. The topological polar surface area (TPSA) is 135 Å². The molecule has 0 aromatic carbocycles. The van der Waals surface area contributed by atoms with Crippen molar-refractivity contribution >= 4 is 28.4 Å². The molecule has 3 N–H and O–H groups in total. The Morgan fingerprint density at radius 3 is 2.27 bits per heavy atom. The summed E-state index contributed by atoms with van der Waals surface area (Å²) in [6.45, 7) is 3.95. The van der Waals surface area contributed by atoms with Gasteiger partial charge in [0.05, 0.1) is 12.2 Å². The summed E-state index contributed by atoms with van der Waals surface area (Å²) in [7, 11) is -1.04. The van der Waals surface area contributed by atoms with Gasteiger partial charge < -0.3 is 10.6 Å². The number of anilines is 1. The van der Waals surface area contributed by atoms with Gasteiger partial charge in [-0.25, -0.2) is 4.98 Å². The average Bonchev–Trinajstić information content (AvgIpc) is 3.63. The smallest absolute Gasteiger partial charge is 0.270 e. The van der Waals surface area contributed by atoms with Gasteiger partial charge in [0.15, 0.2) is 0 Å². The number of hydrogen-bond donors (Lipinski definition) is 3. The van der Waals surface area contributed by atoms with Gasteiger partial charge in [-0.05, 0) is 49.8 Å². The molecule has 2 aliphatic rings. The molecule has 3 aromatic rings. The summed E-state index contributed by atoms with van der Waals surface area (Å²) >= 11 is 0. The van der Waals surface area contributed by atoms with E-state index in [9.17, 15) is 13.8 Å². The van der Waals surface area contributed by atoms with Crippen molar-refractivity contribution in [3.8, 4) is 11.1 Å². The molecule has 3 heterocycles. The Hall–Kier alpha value is -3.41. The summed E-state index contributed by atoms with van der Waals surface area (Å²) in [5.74, 6) is -0.496. The third-order valence-electron chi connectivity index (χ3n) is 9.38. The van der Waals surface area contributed by atoms with Crippen LogP contribution >= 0.6 is 0 Å². The van der Waals surface area contributed by atoms with Crippen LogP contribution in [0.1, 0.15) is 86.1 Å². The fourth-order valence-electron chi connectivity index (χ4n) is 7.28. The van der Waals surface area contributed by atoms with Crippen molar-refractivity contribution < 1.29 is 18.2 Å². The van der Waals surface area contributed by atoms with Crippen LogP contribution in [0.5, 0.6) is 0 Å². The fraction of sp³-hybridized carbons (Fsp3) is 0.594. The largest absolute Gasteiger partial charge is 0.339 e. The number of halogens is 1. The van der Waals surface area contributed by atoms with E-state index in [2.05, 4.69) is 30.9 Å². The highest BCUT2D eigenvalue weighted by atomic mass is 32.2. The molecule has 2 aliphatic carbocycles. The SMILES string of the molecule is Cc1n[nH]c(C)c1-c1ccc(NC(=O)[C@@H](NC(=O)c2ccnn2CCS(C)=O)C(C2CCCCC2)C2CCCCC2)nc1F. The molecule has 44 heavy (non-hydrogen) atoms. The Bertz CT molecular complexity index is 1440. The molecule has 2 saturated carbocycles. The molecule has 2 fully saturated rings. The number of amides is 2. The van der Waals surface area contributed by atoms with Gasteiger partial charge in [-0.3, -0.25) is 23.6 Å². The second kappa shape index (κ2) is 14.6. The van der Waals surface area contributed by atoms with E-state index in [1.165, 1.54) is 17.5 Å². The Morgan fingerprint density at radius 1 is 1.05 bits per heavy atom. The zero-order valence-electron chi connectivity index (χ0n) is 25.9. The lowest BCUT2D eigenvalue weighted by atomic mass is 9.66. The van der Waals surface area contributed by atoms with E-state index in [1.807, 2.05) is 6.92 Å². The maximum atomic E-state index is 15.3. The molecule has 0 radical (unpaired) electrons. The standard InChI is InChI=1S/C32H44FN7O3S/c1-20-27(21(2)39-38-20)24-14-15-26(35-30(24)33)36-32(42)29(37-31(41)25-16-17-34-40(25)18-19-44(3)43)28(22-10-6-4-7-11-22)23-12-8-5-9-13-23/h14-17,22-23,28-29H,4-13,18-19H2,1-3H3,(H,37,41)(H,38,39)(H,35,36,42)/t29-,44?/m0/s1. The first-order valence-electron chi connectivity index (χ1n) is 15.8. The Balaban J connectivity index is 1.45. The quantitative estimate of drug-likeness (QED) is 0.247. The first-order valence-corrected chi connectivity index (χ1v) is 17.6. The Kier molecular flexibility index (Phi) is 10.6. The van der Waals surface area contributed by atoms with Crippen LogP contribution in [0.3, 0.4) is 0 Å². The van der Waals surface area contributed by atoms with Gasteiger partial charge in [0.2, 0.25) is 11.9 Å². The van der Waals surface area contributed by atoms with E-state index in [0.717, 1.165) is 57.1 Å². The summed E-state index contributed by atoms with van der Waals surface area (Å²) in [6.07, 6.45) is 14.0. The lowest BCUT2D eigenvalue weighted by Crippen LogP contribution is -2.53. The van der Waals surface area contributed by atoms with Crippen molar-refractivity contribution in [3.63, 3.8) is 0 Å². The number of carbonyl (C=O) groups is 2. The molecule has 1 unspecified atom stereocenters. The number of nitrogens with zero attached hydrogens (tertiary/aromatic N) is 4. The monoisotopic (exact) mass is 625 g/mol. The van der Waals surface area contributed by atoms with E-state index >= 15 is 4.39 Å². The second-order valence-electron chi connectivity index (χ2n) is 12.4. The Labute approximate surface area is 260 Å². The minimum Gasteiger partial charge on any atom is -0.339 e. The third kappa shape index (κ3) is 7.44. The van der Waals surface area contributed by atoms with Crippen LogP contribution in [0.25, 0.3) is 11.1 Å². The van der Waals surface area contributed by atoms with Gasteiger partial charge in [-0.1, -0.05) is 64.2 Å². The van der Waals surface area contributed by atoms with Gasteiger partial charge in [0.25, 0.3) is 5.91 Å². The number of aromatic amines is 1. The summed E-state index contributed by atoms with van der Waals surface area (Å²) in [5.41, 5.74) is 2.67. The fourth-order valence-corrected chi connectivity index (χ4v) is 7.71. The highest BCUT2D eigenvalue weighted by molar-refractivity contribution is 7.84. The number of aryl methyl sites for hydroxylation is 3. The van der Waals surface area contributed by atoms with E-state index in [4.69, 9.17) is 0 Å². The van der Waals surface area contributed by atoms with Crippen molar-refractivity contribution in [1.29, 1.82) is 0 Å². The summed E-state index contributed by atoms with van der Waals surface area (Å²) < 4.78 is 28.6. The first kappa shape index (κ1) is 32.0. The molecule has 0 bridgehead atoms. The van der Waals surface area contributed by atoms with E-state index in [-0.39, 0.29) is 11.7 Å². The molecule has 0 aliphatic heterocycles. The molecule has 5 rings (SSSR count). The van der Waals surface area contributed by atoms with E-state index in [0.29, 0.717) is 46.6 Å².